The molecule has 0 saturated carbocycles. The summed E-state index contributed by atoms with van der Waals surface area (Å²) in [6.07, 6.45) is 1.78. The number of nitrogens with zero attached hydrogens (tertiary/aromatic N) is 4. The van der Waals surface area contributed by atoms with Crippen LogP contribution in [0.3, 0.4) is 0 Å². The fourth-order valence-corrected chi connectivity index (χ4v) is 4.47. The third kappa shape index (κ3) is 5.03. The largest absolute Gasteiger partial charge is 0.379 e. The molecular weight excluding hydrogens is 434 g/mol. The Balaban J connectivity index is 1.39. The van der Waals surface area contributed by atoms with Crippen molar-refractivity contribution < 1.29 is 9.53 Å². The van der Waals surface area contributed by atoms with Crippen molar-refractivity contribution in [2.75, 3.05) is 31.6 Å². The van der Waals surface area contributed by atoms with Gasteiger partial charge in [-0.15, -0.1) is 11.3 Å². The van der Waals surface area contributed by atoms with E-state index >= 15 is 0 Å². The van der Waals surface area contributed by atoms with E-state index in [0.29, 0.717) is 16.4 Å². The predicted molar refractivity (Wildman–Crippen MR) is 130 cm³/mol. The number of amides is 1. The van der Waals surface area contributed by atoms with Crippen molar-refractivity contribution in [3.8, 4) is 16.9 Å². The van der Waals surface area contributed by atoms with Gasteiger partial charge in [0.25, 0.3) is 5.91 Å². The van der Waals surface area contributed by atoms with Crippen LogP contribution in [0, 0.1) is 6.92 Å². The van der Waals surface area contributed by atoms with Crippen LogP contribution in [0.5, 0.6) is 0 Å². The molecule has 2 aromatic carbocycles. The second-order valence-electron chi connectivity index (χ2n) is 8.02. The van der Waals surface area contributed by atoms with Gasteiger partial charge < -0.3 is 4.74 Å². The highest BCUT2D eigenvalue weighted by Crippen LogP contribution is 2.26. The van der Waals surface area contributed by atoms with Gasteiger partial charge in [0.05, 0.1) is 30.2 Å². The molecule has 5 rings (SSSR count). The molecule has 7 nitrogen and oxygen atoms in total. The maximum absolute atomic E-state index is 13.3. The Morgan fingerprint density at radius 2 is 1.85 bits per heavy atom. The molecule has 1 N–H and O–H groups in total. The molecule has 0 radical (unpaired) electrons. The molecule has 0 atom stereocenters. The summed E-state index contributed by atoms with van der Waals surface area (Å²) in [4.78, 5) is 20.2. The first-order valence-corrected chi connectivity index (χ1v) is 11.8. The fraction of sp³-hybridized carbons (Fsp3) is 0.240. The smallest absolute Gasteiger partial charge is 0.261 e. The molecule has 3 heterocycles. The van der Waals surface area contributed by atoms with Crippen molar-refractivity contribution in [2.24, 2.45) is 0 Å². The van der Waals surface area contributed by atoms with E-state index in [4.69, 9.17) is 9.84 Å². The normalized spacial score (nSPS) is 14.3. The van der Waals surface area contributed by atoms with Crippen LogP contribution in [0.1, 0.15) is 21.6 Å². The monoisotopic (exact) mass is 459 g/mol. The number of thiazole rings is 1. The van der Waals surface area contributed by atoms with E-state index in [1.807, 2.05) is 66.9 Å². The number of ether oxygens (including phenoxy) is 1. The summed E-state index contributed by atoms with van der Waals surface area (Å²) in [6, 6.07) is 17.8. The highest BCUT2D eigenvalue weighted by Gasteiger charge is 2.20. The van der Waals surface area contributed by atoms with Crippen LogP contribution in [0.4, 0.5) is 5.13 Å². The molecular formula is C25H25N5O2S. The molecule has 0 aliphatic carbocycles. The molecule has 33 heavy (non-hydrogen) atoms. The molecule has 168 valence electrons. The lowest BCUT2D eigenvalue weighted by molar-refractivity contribution is 0.0337. The van der Waals surface area contributed by atoms with Crippen molar-refractivity contribution in [3.05, 3.63) is 83.0 Å². The zero-order chi connectivity index (χ0) is 22.6. The molecule has 0 spiro atoms. The van der Waals surface area contributed by atoms with Gasteiger partial charge in [0, 0.05) is 36.8 Å². The number of morpholine rings is 1. The van der Waals surface area contributed by atoms with Crippen molar-refractivity contribution in [2.45, 2.75) is 13.5 Å². The Hall–Kier alpha value is -3.33. The lowest BCUT2D eigenvalue weighted by Crippen LogP contribution is -2.35. The number of nitrogens with one attached hydrogen (secondary N) is 1. The highest BCUT2D eigenvalue weighted by molar-refractivity contribution is 7.14. The molecule has 1 aliphatic rings. The van der Waals surface area contributed by atoms with Gasteiger partial charge >= 0.3 is 0 Å². The van der Waals surface area contributed by atoms with Crippen LogP contribution in [-0.4, -0.2) is 51.9 Å². The number of anilines is 1. The Bertz CT molecular complexity index is 1230. The topological polar surface area (TPSA) is 72.3 Å². The molecule has 4 aromatic rings. The lowest BCUT2D eigenvalue weighted by Gasteiger charge is -2.25. The number of carbonyl (C=O) groups excluding carboxylic acids is 1. The summed E-state index contributed by atoms with van der Waals surface area (Å²) < 4.78 is 7.16. The van der Waals surface area contributed by atoms with E-state index < -0.39 is 0 Å². The van der Waals surface area contributed by atoms with Crippen LogP contribution in [0.25, 0.3) is 16.9 Å². The van der Waals surface area contributed by atoms with Crippen LogP contribution in [0.15, 0.2) is 66.2 Å². The molecule has 1 saturated heterocycles. The van der Waals surface area contributed by atoms with E-state index in [2.05, 4.69) is 15.2 Å². The maximum Gasteiger partial charge on any atom is 0.261 e. The fourth-order valence-electron chi connectivity index (χ4n) is 3.77. The van der Waals surface area contributed by atoms with Gasteiger partial charge in [-0.2, -0.15) is 5.10 Å². The van der Waals surface area contributed by atoms with Crippen LogP contribution in [0.2, 0.25) is 0 Å². The lowest BCUT2D eigenvalue weighted by atomic mass is 10.1. The van der Waals surface area contributed by atoms with Gasteiger partial charge in [-0.25, -0.2) is 9.67 Å². The van der Waals surface area contributed by atoms with E-state index in [1.54, 1.807) is 10.9 Å². The third-order valence-electron chi connectivity index (χ3n) is 5.57. The summed E-state index contributed by atoms with van der Waals surface area (Å²) >= 11 is 1.44. The number of hydrogen-bond donors (Lipinski definition) is 1. The first kappa shape index (κ1) is 21.5. The van der Waals surface area contributed by atoms with Gasteiger partial charge in [0.1, 0.15) is 5.69 Å². The van der Waals surface area contributed by atoms with E-state index in [9.17, 15) is 4.79 Å². The van der Waals surface area contributed by atoms with E-state index in [0.717, 1.165) is 49.8 Å². The summed E-state index contributed by atoms with van der Waals surface area (Å²) in [6.45, 7) is 6.11. The first-order valence-electron chi connectivity index (χ1n) is 10.9. The number of aromatic nitrogens is 3. The van der Waals surface area contributed by atoms with Crippen LogP contribution < -0.4 is 5.32 Å². The van der Waals surface area contributed by atoms with Crippen molar-refractivity contribution in [3.63, 3.8) is 0 Å². The summed E-state index contributed by atoms with van der Waals surface area (Å²) in [5.74, 6) is -0.223. The standard InChI is InChI=1S/C25H25N5O2S/c1-18-7-9-21(10-8-18)30-16-22(23(28-30)19-5-3-2-4-6-19)24(31)27-25-26-20(17-33-25)15-29-11-13-32-14-12-29/h2-10,16-17H,11-15H2,1H3,(H,26,27,31). The summed E-state index contributed by atoms with van der Waals surface area (Å²) in [5.41, 5.74) is 5.06. The highest BCUT2D eigenvalue weighted by atomic mass is 32.1. The SMILES string of the molecule is Cc1ccc(-n2cc(C(=O)Nc3nc(CN4CCOCC4)cs3)c(-c3ccccc3)n2)cc1. The zero-order valence-corrected chi connectivity index (χ0v) is 19.2. The van der Waals surface area contributed by atoms with Crippen molar-refractivity contribution in [1.29, 1.82) is 0 Å². The molecule has 1 amide bonds. The average Bonchev–Trinajstić information content (AvgIpc) is 3.48. The Labute approximate surface area is 196 Å². The maximum atomic E-state index is 13.3. The Kier molecular flexibility index (Phi) is 6.30. The second kappa shape index (κ2) is 9.66. The molecule has 8 heteroatoms. The van der Waals surface area contributed by atoms with Gasteiger partial charge in [0.2, 0.25) is 0 Å². The number of rotatable bonds is 6. The first-order chi connectivity index (χ1) is 16.2. The van der Waals surface area contributed by atoms with Crippen molar-refractivity contribution in [1.82, 2.24) is 19.7 Å². The van der Waals surface area contributed by atoms with Gasteiger partial charge in [0.15, 0.2) is 5.13 Å². The second-order valence-corrected chi connectivity index (χ2v) is 8.88. The number of benzene rings is 2. The summed E-state index contributed by atoms with van der Waals surface area (Å²) in [5, 5.41) is 10.3. The number of carbonyl (C=O) groups is 1. The minimum Gasteiger partial charge on any atom is -0.379 e. The number of aryl methyl sites for hydroxylation is 1. The molecule has 1 fully saturated rings. The van der Waals surface area contributed by atoms with Crippen LogP contribution in [-0.2, 0) is 11.3 Å². The Morgan fingerprint density at radius 3 is 2.61 bits per heavy atom. The average molecular weight is 460 g/mol. The molecule has 0 bridgehead atoms. The van der Waals surface area contributed by atoms with E-state index in [-0.39, 0.29) is 5.91 Å². The number of hydrogen-bond acceptors (Lipinski definition) is 6. The van der Waals surface area contributed by atoms with Gasteiger partial charge in [-0.3, -0.25) is 15.0 Å². The minimum atomic E-state index is -0.223. The zero-order valence-electron chi connectivity index (χ0n) is 18.4. The predicted octanol–water partition coefficient (Wildman–Crippen LogP) is 4.39. The van der Waals surface area contributed by atoms with Gasteiger partial charge in [-0.1, -0.05) is 48.0 Å². The quantitative estimate of drug-likeness (QED) is 0.463. The third-order valence-corrected chi connectivity index (χ3v) is 6.37. The molecule has 2 aromatic heterocycles. The minimum absolute atomic E-state index is 0.223. The summed E-state index contributed by atoms with van der Waals surface area (Å²) in [7, 11) is 0. The Morgan fingerprint density at radius 1 is 1.09 bits per heavy atom. The van der Waals surface area contributed by atoms with Crippen molar-refractivity contribution >= 4 is 22.4 Å². The van der Waals surface area contributed by atoms with Gasteiger partial charge in [-0.05, 0) is 19.1 Å². The molecule has 1 aliphatic heterocycles. The van der Waals surface area contributed by atoms with E-state index in [1.165, 1.54) is 16.9 Å². The van der Waals surface area contributed by atoms with Crippen LogP contribution >= 0.6 is 11.3 Å². The molecule has 0 unspecified atom stereocenters.